The summed E-state index contributed by atoms with van der Waals surface area (Å²) in [5.41, 5.74) is 0.950. The Kier molecular flexibility index (Phi) is 6.27. The van der Waals surface area contributed by atoms with Gasteiger partial charge in [0.05, 0.1) is 29.1 Å². The van der Waals surface area contributed by atoms with Gasteiger partial charge < -0.3 is 4.74 Å². The maximum absolute atomic E-state index is 11.7. The summed E-state index contributed by atoms with van der Waals surface area (Å²) in [6, 6.07) is 10.1. The zero-order valence-corrected chi connectivity index (χ0v) is 14.9. The second-order valence-corrected chi connectivity index (χ2v) is 5.89. The van der Waals surface area contributed by atoms with Crippen molar-refractivity contribution in [3.8, 4) is 5.75 Å². The highest BCUT2D eigenvalue weighted by atomic mass is 79.9. The van der Waals surface area contributed by atoms with E-state index in [-0.39, 0.29) is 0 Å². The Labute approximate surface area is 151 Å². The van der Waals surface area contributed by atoms with E-state index in [2.05, 4.69) is 26.4 Å². The van der Waals surface area contributed by atoms with Gasteiger partial charge in [-0.15, -0.1) is 0 Å². The van der Waals surface area contributed by atoms with Gasteiger partial charge >= 0.3 is 6.09 Å². The standard InChI is InChI=1S/C15H11BrCl2N2O3/c1-22-9-5-6-11(16)14(7-9)20-15(21)23-19-8-10-12(17)3-2-4-13(10)18/h2-8H,1H3,(H,20,21)/b19-8+. The van der Waals surface area contributed by atoms with Crippen LogP contribution in [0.4, 0.5) is 10.5 Å². The van der Waals surface area contributed by atoms with Crippen LogP contribution in [0.5, 0.6) is 5.75 Å². The van der Waals surface area contributed by atoms with E-state index in [0.717, 1.165) is 0 Å². The summed E-state index contributed by atoms with van der Waals surface area (Å²) < 4.78 is 5.76. The number of methoxy groups -OCH3 is 1. The van der Waals surface area contributed by atoms with Gasteiger partial charge in [0.15, 0.2) is 0 Å². The molecular formula is C15H11BrCl2N2O3. The molecule has 2 rings (SSSR count). The quantitative estimate of drug-likeness (QED) is 0.414. The van der Waals surface area contributed by atoms with Crippen LogP contribution >= 0.6 is 39.1 Å². The zero-order chi connectivity index (χ0) is 16.8. The zero-order valence-electron chi connectivity index (χ0n) is 11.8. The van der Waals surface area contributed by atoms with E-state index in [4.69, 9.17) is 32.8 Å². The van der Waals surface area contributed by atoms with Crippen LogP contribution in [0.3, 0.4) is 0 Å². The summed E-state index contributed by atoms with van der Waals surface area (Å²) in [5.74, 6) is 0.592. The Morgan fingerprint density at radius 2 is 1.96 bits per heavy atom. The predicted octanol–water partition coefficient (Wildman–Crippen LogP) is 5.35. The highest BCUT2D eigenvalue weighted by Crippen LogP contribution is 2.27. The lowest BCUT2D eigenvalue weighted by molar-refractivity contribution is 0.167. The number of hydrogen-bond acceptors (Lipinski definition) is 4. The average molecular weight is 418 g/mol. The number of rotatable bonds is 4. The molecule has 0 fully saturated rings. The van der Waals surface area contributed by atoms with E-state index >= 15 is 0 Å². The van der Waals surface area contributed by atoms with Crippen molar-refractivity contribution in [2.75, 3.05) is 12.4 Å². The Hall–Kier alpha value is -1.76. The van der Waals surface area contributed by atoms with Gasteiger partial charge in [-0.25, -0.2) is 4.79 Å². The van der Waals surface area contributed by atoms with Gasteiger partial charge in [-0.2, -0.15) is 0 Å². The van der Waals surface area contributed by atoms with E-state index in [1.54, 1.807) is 36.4 Å². The number of amides is 1. The molecule has 0 aromatic heterocycles. The Balaban J connectivity index is 2.02. The fourth-order valence-electron chi connectivity index (χ4n) is 1.62. The minimum atomic E-state index is -0.765. The molecule has 2 aromatic carbocycles. The van der Waals surface area contributed by atoms with Crippen molar-refractivity contribution >= 4 is 57.1 Å². The number of benzene rings is 2. The van der Waals surface area contributed by atoms with Crippen molar-refractivity contribution in [2.24, 2.45) is 5.16 Å². The summed E-state index contributed by atoms with van der Waals surface area (Å²) >= 11 is 15.3. The van der Waals surface area contributed by atoms with E-state index in [9.17, 15) is 4.79 Å². The Morgan fingerprint density at radius 3 is 2.61 bits per heavy atom. The van der Waals surface area contributed by atoms with Crippen molar-refractivity contribution in [2.45, 2.75) is 0 Å². The molecule has 23 heavy (non-hydrogen) atoms. The average Bonchev–Trinajstić information content (AvgIpc) is 2.52. The molecule has 0 bridgehead atoms. The normalized spacial score (nSPS) is 10.6. The number of ether oxygens (including phenoxy) is 1. The molecule has 120 valence electrons. The lowest BCUT2D eigenvalue weighted by atomic mass is 10.2. The Morgan fingerprint density at radius 1 is 1.26 bits per heavy atom. The van der Waals surface area contributed by atoms with Crippen molar-refractivity contribution in [1.29, 1.82) is 0 Å². The fraction of sp³-hybridized carbons (Fsp3) is 0.0667. The molecule has 0 aliphatic carbocycles. The first-order valence-electron chi connectivity index (χ1n) is 6.30. The molecule has 0 atom stereocenters. The number of halogens is 3. The van der Waals surface area contributed by atoms with Crippen LogP contribution in [0.25, 0.3) is 0 Å². The van der Waals surface area contributed by atoms with Crippen molar-refractivity contribution in [3.63, 3.8) is 0 Å². The molecule has 0 heterocycles. The molecular weight excluding hydrogens is 407 g/mol. The van der Waals surface area contributed by atoms with Crippen LogP contribution in [-0.2, 0) is 4.84 Å². The number of nitrogens with one attached hydrogen (secondary N) is 1. The molecule has 1 amide bonds. The predicted molar refractivity (Wildman–Crippen MR) is 94.9 cm³/mol. The number of anilines is 1. The van der Waals surface area contributed by atoms with Crippen LogP contribution in [0, 0.1) is 0 Å². The first kappa shape index (κ1) is 17.6. The Bertz CT molecular complexity index is 733. The van der Waals surface area contributed by atoms with Crippen LogP contribution in [-0.4, -0.2) is 19.4 Å². The largest absolute Gasteiger partial charge is 0.497 e. The molecule has 8 heteroatoms. The molecule has 2 aromatic rings. The van der Waals surface area contributed by atoms with E-state index < -0.39 is 6.09 Å². The van der Waals surface area contributed by atoms with Crippen LogP contribution in [0.15, 0.2) is 46.0 Å². The molecule has 0 aliphatic rings. The fourth-order valence-corrected chi connectivity index (χ4v) is 2.46. The van der Waals surface area contributed by atoms with Crippen molar-refractivity contribution < 1.29 is 14.4 Å². The summed E-state index contributed by atoms with van der Waals surface area (Å²) in [5, 5.41) is 6.92. The lowest BCUT2D eigenvalue weighted by Gasteiger charge is -2.07. The van der Waals surface area contributed by atoms with Crippen LogP contribution < -0.4 is 10.1 Å². The molecule has 0 saturated carbocycles. The van der Waals surface area contributed by atoms with Gasteiger partial charge in [-0.05, 0) is 40.2 Å². The van der Waals surface area contributed by atoms with E-state index in [1.807, 2.05) is 0 Å². The third-order valence-corrected chi connectivity index (χ3v) is 4.08. The molecule has 0 unspecified atom stereocenters. The van der Waals surface area contributed by atoms with E-state index in [0.29, 0.717) is 31.5 Å². The lowest BCUT2D eigenvalue weighted by Crippen LogP contribution is -2.11. The molecule has 5 nitrogen and oxygen atoms in total. The summed E-state index contributed by atoms with van der Waals surface area (Å²) in [4.78, 5) is 16.5. The summed E-state index contributed by atoms with van der Waals surface area (Å²) in [6.07, 6.45) is 0.503. The number of nitrogens with zero attached hydrogens (tertiary/aromatic N) is 1. The molecule has 0 aliphatic heterocycles. The van der Waals surface area contributed by atoms with Crippen LogP contribution in [0.1, 0.15) is 5.56 Å². The number of carbonyl (C=O) groups is 1. The number of hydrogen-bond donors (Lipinski definition) is 1. The van der Waals surface area contributed by atoms with Gasteiger partial charge in [-0.1, -0.05) is 34.4 Å². The SMILES string of the molecule is COc1ccc(Br)c(NC(=O)O/N=C/c2c(Cl)cccc2Cl)c1. The van der Waals surface area contributed by atoms with Gasteiger partial charge in [0.1, 0.15) is 5.75 Å². The van der Waals surface area contributed by atoms with Gasteiger partial charge in [0.2, 0.25) is 0 Å². The molecule has 0 radical (unpaired) electrons. The van der Waals surface area contributed by atoms with E-state index in [1.165, 1.54) is 13.3 Å². The smallest absolute Gasteiger partial charge is 0.437 e. The monoisotopic (exact) mass is 416 g/mol. The maximum Gasteiger partial charge on any atom is 0.437 e. The van der Waals surface area contributed by atoms with Gasteiger partial charge in [0.25, 0.3) is 0 Å². The van der Waals surface area contributed by atoms with Crippen LogP contribution in [0.2, 0.25) is 10.0 Å². The van der Waals surface area contributed by atoms with Gasteiger partial charge in [-0.3, -0.25) is 10.2 Å². The maximum atomic E-state index is 11.7. The second-order valence-electron chi connectivity index (χ2n) is 4.22. The van der Waals surface area contributed by atoms with Crippen molar-refractivity contribution in [3.05, 3.63) is 56.5 Å². The highest BCUT2D eigenvalue weighted by molar-refractivity contribution is 9.10. The highest BCUT2D eigenvalue weighted by Gasteiger charge is 2.08. The summed E-state index contributed by atoms with van der Waals surface area (Å²) in [6.45, 7) is 0. The topological polar surface area (TPSA) is 59.9 Å². The first-order chi connectivity index (χ1) is 11.0. The number of oxime groups is 1. The van der Waals surface area contributed by atoms with Gasteiger partial charge in [0, 0.05) is 16.1 Å². The second kappa shape index (κ2) is 8.19. The first-order valence-corrected chi connectivity index (χ1v) is 7.85. The third kappa shape index (κ3) is 4.86. The van der Waals surface area contributed by atoms with Crippen molar-refractivity contribution in [1.82, 2.24) is 0 Å². The third-order valence-electron chi connectivity index (χ3n) is 2.73. The molecule has 0 spiro atoms. The minimum absolute atomic E-state index is 0.404. The molecule has 1 N–H and O–H groups in total. The molecule has 0 saturated heterocycles. The number of carbonyl (C=O) groups excluding carboxylic acids is 1. The summed E-state index contributed by atoms with van der Waals surface area (Å²) in [7, 11) is 1.53. The minimum Gasteiger partial charge on any atom is -0.497 e.